The summed E-state index contributed by atoms with van der Waals surface area (Å²) in [5.74, 6) is 0. The average Bonchev–Trinajstić information content (AvgIpc) is 3.36. The van der Waals surface area contributed by atoms with Crippen LogP contribution in [0, 0.1) is 0 Å². The van der Waals surface area contributed by atoms with Gasteiger partial charge in [-0.2, -0.15) is 0 Å². The number of H-pyrrole nitrogens is 1. The van der Waals surface area contributed by atoms with Gasteiger partial charge < -0.3 is 4.98 Å². The highest BCUT2D eigenvalue weighted by atomic mass is 14.8. The van der Waals surface area contributed by atoms with Gasteiger partial charge in [0.25, 0.3) is 0 Å². The number of aromatic nitrogens is 4. The number of pyridine rings is 3. The van der Waals surface area contributed by atoms with Crippen molar-refractivity contribution in [3.05, 3.63) is 115 Å². The van der Waals surface area contributed by atoms with Crippen molar-refractivity contribution in [1.82, 2.24) is 19.9 Å². The van der Waals surface area contributed by atoms with Gasteiger partial charge in [0.1, 0.15) is 0 Å². The van der Waals surface area contributed by atoms with Crippen LogP contribution in [0.4, 0.5) is 0 Å². The van der Waals surface area contributed by atoms with E-state index >= 15 is 0 Å². The second-order valence-corrected chi connectivity index (χ2v) is 9.39. The maximum atomic E-state index is 5.16. The molecule has 7 aromatic rings. The molecule has 4 nitrogen and oxygen atoms in total. The molecule has 0 saturated carbocycles. The molecule has 0 spiro atoms. The number of nitrogens with one attached hydrogen (secondary N) is 1. The number of fused-ring (bicyclic) bond motifs is 11. The van der Waals surface area contributed by atoms with Gasteiger partial charge in [-0.3, -0.25) is 0 Å². The Kier molecular flexibility index (Phi) is 4.19. The fraction of sp³-hybridized carbons (Fsp3) is 0. The summed E-state index contributed by atoms with van der Waals surface area (Å²) in [6.07, 6.45) is 0. The second-order valence-electron chi connectivity index (χ2n) is 9.39. The van der Waals surface area contributed by atoms with Crippen molar-refractivity contribution in [2.75, 3.05) is 0 Å². The zero-order valence-corrected chi connectivity index (χ0v) is 19.8. The Labute approximate surface area is 213 Å². The first-order valence-electron chi connectivity index (χ1n) is 12.4. The first kappa shape index (κ1) is 20.1. The summed E-state index contributed by atoms with van der Waals surface area (Å²) in [4.78, 5) is 19.0. The van der Waals surface area contributed by atoms with E-state index in [2.05, 4.69) is 89.9 Å². The van der Waals surface area contributed by atoms with Crippen LogP contribution in [0.3, 0.4) is 0 Å². The molecule has 0 aliphatic carbocycles. The molecule has 4 aromatic heterocycles. The topological polar surface area (TPSA) is 54.5 Å². The van der Waals surface area contributed by atoms with Crippen molar-refractivity contribution in [3.63, 3.8) is 0 Å². The van der Waals surface area contributed by atoms with E-state index in [1.54, 1.807) is 0 Å². The van der Waals surface area contributed by atoms with Crippen molar-refractivity contribution >= 4 is 21.8 Å². The molecule has 172 valence electrons. The Hall–Kier alpha value is -5.09. The van der Waals surface area contributed by atoms with Gasteiger partial charge in [-0.15, -0.1) is 0 Å². The molecule has 4 heteroatoms. The molecule has 5 heterocycles. The van der Waals surface area contributed by atoms with Gasteiger partial charge in [0.05, 0.1) is 45.2 Å². The fourth-order valence-electron chi connectivity index (χ4n) is 5.42. The van der Waals surface area contributed by atoms with Crippen LogP contribution in [0.1, 0.15) is 0 Å². The van der Waals surface area contributed by atoms with Gasteiger partial charge in [-0.25, -0.2) is 15.0 Å². The highest BCUT2D eigenvalue weighted by Crippen LogP contribution is 2.39. The van der Waals surface area contributed by atoms with E-state index in [9.17, 15) is 0 Å². The number of hydrogen-bond donors (Lipinski definition) is 1. The number of benzene rings is 3. The summed E-state index contributed by atoms with van der Waals surface area (Å²) >= 11 is 0. The molecule has 0 unspecified atom stereocenters. The number of aromatic amines is 1. The van der Waals surface area contributed by atoms with Crippen molar-refractivity contribution in [2.45, 2.75) is 0 Å². The predicted molar refractivity (Wildman–Crippen MR) is 150 cm³/mol. The van der Waals surface area contributed by atoms with Crippen LogP contribution in [-0.4, -0.2) is 19.9 Å². The Bertz CT molecular complexity index is 1990. The third-order valence-electron chi connectivity index (χ3n) is 7.18. The average molecular weight is 473 g/mol. The van der Waals surface area contributed by atoms with Gasteiger partial charge in [0.15, 0.2) is 0 Å². The number of para-hydroxylation sites is 2. The molecule has 0 fully saturated rings. The quantitative estimate of drug-likeness (QED) is 0.262. The van der Waals surface area contributed by atoms with E-state index in [0.29, 0.717) is 0 Å². The molecular formula is C33H20N4. The molecule has 8 bridgehead atoms. The zero-order valence-electron chi connectivity index (χ0n) is 19.8. The highest BCUT2D eigenvalue weighted by molar-refractivity contribution is 6.15. The van der Waals surface area contributed by atoms with Crippen molar-refractivity contribution in [3.8, 4) is 56.4 Å². The maximum Gasteiger partial charge on any atom is 0.0900 e. The monoisotopic (exact) mass is 472 g/mol. The first-order chi connectivity index (χ1) is 18.3. The fourth-order valence-corrected chi connectivity index (χ4v) is 5.42. The van der Waals surface area contributed by atoms with Crippen molar-refractivity contribution in [1.29, 1.82) is 0 Å². The summed E-state index contributed by atoms with van der Waals surface area (Å²) in [7, 11) is 0. The van der Waals surface area contributed by atoms with Crippen LogP contribution >= 0.6 is 0 Å². The third-order valence-corrected chi connectivity index (χ3v) is 7.18. The number of nitrogens with zero attached hydrogens (tertiary/aromatic N) is 3. The standard InChI is InChI=1S/C33H20N4/c1-2-8-20(9-3-1)21-18-30-25-13-5-11-23-22-10-4-12-24(32(22)37-33(23)25)26-14-6-15-27(34-26)28-16-7-17-29(35-28)31(19-21)36-30/h1-19,37H. The van der Waals surface area contributed by atoms with Gasteiger partial charge in [0, 0.05) is 21.9 Å². The summed E-state index contributed by atoms with van der Waals surface area (Å²) in [5, 5.41) is 2.35. The van der Waals surface area contributed by atoms with E-state index < -0.39 is 0 Å². The minimum Gasteiger partial charge on any atom is -0.353 e. The molecule has 0 amide bonds. The molecule has 8 rings (SSSR count). The molecular weight excluding hydrogens is 452 g/mol. The van der Waals surface area contributed by atoms with Crippen LogP contribution in [-0.2, 0) is 0 Å². The van der Waals surface area contributed by atoms with Crippen LogP contribution in [0.15, 0.2) is 115 Å². The molecule has 1 aliphatic heterocycles. The van der Waals surface area contributed by atoms with E-state index in [0.717, 1.165) is 67.5 Å². The van der Waals surface area contributed by atoms with Gasteiger partial charge >= 0.3 is 0 Å². The molecule has 1 aliphatic rings. The number of hydrogen-bond acceptors (Lipinski definition) is 3. The van der Waals surface area contributed by atoms with Crippen LogP contribution in [0.5, 0.6) is 0 Å². The Morgan fingerprint density at radius 1 is 0.378 bits per heavy atom. The normalized spacial score (nSPS) is 11.8. The van der Waals surface area contributed by atoms with Gasteiger partial charge in [0.2, 0.25) is 0 Å². The highest BCUT2D eigenvalue weighted by Gasteiger charge is 2.18. The Morgan fingerprint density at radius 2 is 0.892 bits per heavy atom. The van der Waals surface area contributed by atoms with E-state index in [-0.39, 0.29) is 0 Å². The van der Waals surface area contributed by atoms with Gasteiger partial charge in [-0.05, 0) is 47.5 Å². The molecule has 37 heavy (non-hydrogen) atoms. The molecule has 1 N–H and O–H groups in total. The SMILES string of the molecule is c1ccc(-c2cc3nc(c2)-c2cccc4c2[nH]c2c(cccc24)-c2cccc(n2)-c2cccc-3n2)cc1. The molecule has 0 radical (unpaired) electrons. The first-order valence-corrected chi connectivity index (χ1v) is 12.4. The zero-order chi connectivity index (χ0) is 24.3. The summed E-state index contributed by atoms with van der Waals surface area (Å²) in [5.41, 5.74) is 11.7. The van der Waals surface area contributed by atoms with E-state index in [1.165, 1.54) is 10.8 Å². The minimum atomic E-state index is 0.822. The molecule has 3 aromatic carbocycles. The maximum absolute atomic E-state index is 5.16. The summed E-state index contributed by atoms with van der Waals surface area (Å²) < 4.78 is 0. The lowest BCUT2D eigenvalue weighted by atomic mass is 10.00. The Morgan fingerprint density at radius 3 is 1.59 bits per heavy atom. The number of rotatable bonds is 1. The van der Waals surface area contributed by atoms with Gasteiger partial charge in [-0.1, -0.05) is 78.9 Å². The lowest BCUT2D eigenvalue weighted by Gasteiger charge is -2.12. The smallest absolute Gasteiger partial charge is 0.0900 e. The van der Waals surface area contributed by atoms with Crippen molar-refractivity contribution in [2.24, 2.45) is 0 Å². The van der Waals surface area contributed by atoms with E-state index in [4.69, 9.17) is 15.0 Å². The second kappa shape index (κ2) is 7.70. The molecule has 0 saturated heterocycles. The van der Waals surface area contributed by atoms with E-state index in [1.807, 2.05) is 30.3 Å². The lowest BCUT2D eigenvalue weighted by Crippen LogP contribution is -1.96. The van der Waals surface area contributed by atoms with Crippen LogP contribution in [0.2, 0.25) is 0 Å². The minimum absolute atomic E-state index is 0.822. The lowest BCUT2D eigenvalue weighted by molar-refractivity contribution is 1.22. The van der Waals surface area contributed by atoms with Crippen LogP contribution in [0.25, 0.3) is 78.2 Å². The third kappa shape index (κ3) is 3.13. The summed E-state index contributed by atoms with van der Waals surface area (Å²) in [6.45, 7) is 0. The predicted octanol–water partition coefficient (Wildman–Crippen LogP) is 8.15. The van der Waals surface area contributed by atoms with Crippen molar-refractivity contribution < 1.29 is 0 Å². The summed E-state index contributed by atoms with van der Waals surface area (Å²) in [6, 6.07) is 39.8. The largest absolute Gasteiger partial charge is 0.353 e. The molecule has 0 atom stereocenters. The van der Waals surface area contributed by atoms with Crippen LogP contribution < -0.4 is 0 Å². The Balaban J connectivity index is 1.54.